The van der Waals surface area contributed by atoms with E-state index in [4.69, 9.17) is 0 Å². The average Bonchev–Trinajstić information content (AvgIpc) is 2.99. The maximum absolute atomic E-state index is 12.8. The lowest BCUT2D eigenvalue weighted by Crippen LogP contribution is -2.54. The normalized spacial score (nSPS) is 42.4. The fourth-order valence-corrected chi connectivity index (χ4v) is 7.60. The molecule has 0 heterocycles. The zero-order chi connectivity index (χ0) is 19.5. The van der Waals surface area contributed by atoms with E-state index in [1.807, 2.05) is 6.08 Å². The summed E-state index contributed by atoms with van der Waals surface area (Å²) in [4.78, 5) is 25.1. The number of Topliss-reactive ketones (excluding diaryl/α,β-unsaturated/α-hetero) is 1. The minimum absolute atomic E-state index is 0.0990. The molecule has 2 nitrogen and oxygen atoms in total. The first kappa shape index (κ1) is 18.3. The number of allylic oxidation sites excluding steroid dienone is 1. The van der Waals surface area contributed by atoms with Crippen molar-refractivity contribution in [1.29, 1.82) is 0 Å². The van der Waals surface area contributed by atoms with Gasteiger partial charge in [0, 0.05) is 18.3 Å². The molecule has 0 unspecified atom stereocenters. The largest absolute Gasteiger partial charge is 0.299 e. The Morgan fingerprint density at radius 3 is 2.46 bits per heavy atom. The first-order valence-electron chi connectivity index (χ1n) is 11.2. The number of carbonyl (C=O) groups excluding carboxylic acids is 2. The van der Waals surface area contributed by atoms with Crippen LogP contribution in [0.5, 0.6) is 0 Å². The highest BCUT2D eigenvalue weighted by Gasteiger charge is 2.61. The smallest absolute Gasteiger partial charge is 0.155 e. The van der Waals surface area contributed by atoms with Crippen molar-refractivity contribution in [1.82, 2.24) is 0 Å². The predicted molar refractivity (Wildman–Crippen MR) is 111 cm³/mol. The molecule has 0 radical (unpaired) electrons. The topological polar surface area (TPSA) is 34.1 Å². The zero-order valence-corrected chi connectivity index (χ0v) is 17.2. The Morgan fingerprint density at radius 2 is 1.68 bits per heavy atom. The molecule has 4 aliphatic rings. The number of fused-ring (bicyclic) bond motifs is 5. The van der Waals surface area contributed by atoms with Gasteiger partial charge in [-0.05, 0) is 79.3 Å². The maximum Gasteiger partial charge on any atom is 0.155 e. The van der Waals surface area contributed by atoms with Gasteiger partial charge < -0.3 is 0 Å². The van der Waals surface area contributed by atoms with Crippen LogP contribution in [-0.2, 0) is 16.0 Å². The fourth-order valence-electron chi connectivity index (χ4n) is 7.60. The highest BCUT2D eigenvalue weighted by Crippen LogP contribution is 2.66. The van der Waals surface area contributed by atoms with Crippen LogP contribution in [0.3, 0.4) is 0 Å². The van der Waals surface area contributed by atoms with E-state index in [2.05, 4.69) is 44.2 Å². The standard InChI is InChI=1S/C26H32O2/c1-25-12-10-20(27)16-19(25)15-18(14-17-6-4-3-5-7-17)24-21-8-9-23(28)26(21,2)13-11-22(24)25/h3-7,16,18,21-22,24H,8-15H2,1-2H3/t18-,21+,22+,24+,25+,26+/m1/s1. The van der Waals surface area contributed by atoms with Gasteiger partial charge in [-0.15, -0.1) is 0 Å². The second-order valence-corrected chi connectivity index (χ2v) is 10.4. The van der Waals surface area contributed by atoms with Crippen molar-refractivity contribution in [2.45, 2.75) is 65.2 Å². The molecule has 0 saturated heterocycles. The van der Waals surface area contributed by atoms with Crippen molar-refractivity contribution in [2.24, 2.45) is 34.5 Å². The summed E-state index contributed by atoms with van der Waals surface area (Å²) in [5.74, 6) is 3.15. The Kier molecular flexibility index (Phi) is 4.19. The Labute approximate surface area is 168 Å². The number of ketones is 2. The van der Waals surface area contributed by atoms with Gasteiger partial charge in [-0.3, -0.25) is 9.59 Å². The van der Waals surface area contributed by atoms with Gasteiger partial charge in [0.1, 0.15) is 5.78 Å². The molecule has 3 saturated carbocycles. The van der Waals surface area contributed by atoms with Crippen molar-refractivity contribution in [3.8, 4) is 0 Å². The van der Waals surface area contributed by atoms with Crippen LogP contribution >= 0.6 is 0 Å². The van der Waals surface area contributed by atoms with Crippen LogP contribution in [0.15, 0.2) is 42.0 Å². The van der Waals surface area contributed by atoms with Gasteiger partial charge in [-0.1, -0.05) is 49.8 Å². The second kappa shape index (κ2) is 6.40. The molecule has 0 bridgehead atoms. The summed E-state index contributed by atoms with van der Waals surface area (Å²) < 4.78 is 0. The summed E-state index contributed by atoms with van der Waals surface area (Å²) in [6.07, 6.45) is 9.88. The van der Waals surface area contributed by atoms with Crippen molar-refractivity contribution >= 4 is 11.6 Å². The SMILES string of the molecule is C[C@]12CCC(=O)C=C1C[C@@H](Cc1ccccc1)[C@@H]1[C@@H]2CC[C@]2(C)C(=O)CC[C@@H]12. The van der Waals surface area contributed by atoms with Crippen LogP contribution < -0.4 is 0 Å². The van der Waals surface area contributed by atoms with Crippen molar-refractivity contribution < 1.29 is 9.59 Å². The molecule has 1 aromatic carbocycles. The quantitative estimate of drug-likeness (QED) is 0.677. The molecule has 0 amide bonds. The first-order valence-corrected chi connectivity index (χ1v) is 11.2. The van der Waals surface area contributed by atoms with Crippen molar-refractivity contribution in [3.63, 3.8) is 0 Å². The molecule has 148 valence electrons. The lowest BCUT2D eigenvalue weighted by Gasteiger charge is -2.59. The first-order chi connectivity index (χ1) is 13.4. The van der Waals surface area contributed by atoms with Gasteiger partial charge in [0.25, 0.3) is 0 Å². The van der Waals surface area contributed by atoms with Crippen molar-refractivity contribution in [3.05, 3.63) is 47.5 Å². The third-order valence-corrected chi connectivity index (χ3v) is 9.19. The van der Waals surface area contributed by atoms with Crippen LogP contribution in [0.4, 0.5) is 0 Å². The molecule has 5 rings (SSSR count). The van der Waals surface area contributed by atoms with E-state index in [1.54, 1.807) is 0 Å². The number of carbonyl (C=O) groups is 2. The summed E-state index contributed by atoms with van der Waals surface area (Å²) in [6.45, 7) is 4.70. The molecule has 0 aliphatic heterocycles. The third-order valence-electron chi connectivity index (χ3n) is 9.19. The van der Waals surface area contributed by atoms with E-state index in [0.717, 1.165) is 44.9 Å². The van der Waals surface area contributed by atoms with Crippen LogP contribution in [0, 0.1) is 34.5 Å². The van der Waals surface area contributed by atoms with E-state index < -0.39 is 0 Å². The van der Waals surface area contributed by atoms with E-state index in [1.165, 1.54) is 11.1 Å². The molecule has 0 aromatic heterocycles. The molecular weight excluding hydrogens is 344 g/mol. The molecule has 2 heteroatoms. The summed E-state index contributed by atoms with van der Waals surface area (Å²) in [7, 11) is 0. The lowest BCUT2D eigenvalue weighted by atomic mass is 9.44. The minimum Gasteiger partial charge on any atom is -0.299 e. The van der Waals surface area contributed by atoms with Crippen LogP contribution in [-0.4, -0.2) is 11.6 Å². The third kappa shape index (κ3) is 2.60. The average molecular weight is 377 g/mol. The van der Waals surface area contributed by atoms with Crippen LogP contribution in [0.1, 0.15) is 64.4 Å². The van der Waals surface area contributed by atoms with Crippen LogP contribution in [0.2, 0.25) is 0 Å². The summed E-state index contributed by atoms with van der Waals surface area (Å²) >= 11 is 0. The molecule has 4 aliphatic carbocycles. The number of benzene rings is 1. The predicted octanol–water partition coefficient (Wildman–Crippen LogP) is 5.56. The fraction of sp³-hybridized carbons (Fsp3) is 0.615. The highest BCUT2D eigenvalue weighted by atomic mass is 16.1. The van der Waals surface area contributed by atoms with Gasteiger partial charge in [0.2, 0.25) is 0 Å². The Balaban J connectivity index is 1.57. The van der Waals surface area contributed by atoms with E-state index >= 15 is 0 Å². The molecule has 1 aromatic rings. The van der Waals surface area contributed by atoms with Gasteiger partial charge in [0.05, 0.1) is 0 Å². The van der Waals surface area contributed by atoms with Crippen molar-refractivity contribution in [2.75, 3.05) is 0 Å². The zero-order valence-electron chi connectivity index (χ0n) is 17.2. The molecular formula is C26H32O2. The summed E-state index contributed by atoms with van der Waals surface area (Å²) in [5, 5.41) is 0. The monoisotopic (exact) mass is 376 g/mol. The molecule has 3 fully saturated rings. The van der Waals surface area contributed by atoms with Gasteiger partial charge in [0.15, 0.2) is 5.78 Å². The Bertz CT molecular complexity index is 837. The van der Waals surface area contributed by atoms with E-state index in [9.17, 15) is 9.59 Å². The summed E-state index contributed by atoms with van der Waals surface area (Å²) in [6, 6.07) is 10.8. The number of rotatable bonds is 2. The molecule has 0 N–H and O–H groups in total. The summed E-state index contributed by atoms with van der Waals surface area (Å²) in [5.41, 5.74) is 2.88. The Morgan fingerprint density at radius 1 is 0.929 bits per heavy atom. The maximum atomic E-state index is 12.8. The number of hydrogen-bond donors (Lipinski definition) is 0. The highest BCUT2D eigenvalue weighted by molar-refractivity contribution is 5.91. The van der Waals surface area contributed by atoms with Gasteiger partial charge in [-0.2, -0.15) is 0 Å². The van der Waals surface area contributed by atoms with E-state index in [0.29, 0.717) is 41.7 Å². The molecule has 6 atom stereocenters. The molecule has 0 spiro atoms. The lowest BCUT2D eigenvalue weighted by molar-refractivity contribution is -0.135. The Hall–Kier alpha value is -1.70. The van der Waals surface area contributed by atoms with Gasteiger partial charge in [-0.25, -0.2) is 0 Å². The second-order valence-electron chi connectivity index (χ2n) is 10.4. The van der Waals surface area contributed by atoms with Gasteiger partial charge >= 0.3 is 0 Å². The molecule has 28 heavy (non-hydrogen) atoms. The minimum atomic E-state index is -0.0990. The number of hydrogen-bond acceptors (Lipinski definition) is 2. The van der Waals surface area contributed by atoms with Crippen LogP contribution in [0.25, 0.3) is 0 Å². The van der Waals surface area contributed by atoms with E-state index in [-0.39, 0.29) is 10.8 Å².